The smallest absolute Gasteiger partial charge is 0.254 e. The Labute approximate surface area is 186 Å². The van der Waals surface area contributed by atoms with E-state index < -0.39 is 25.1 Å². The van der Waals surface area contributed by atoms with E-state index in [1.165, 1.54) is 4.31 Å². The number of benzene rings is 1. The Hall–Kier alpha value is -1.95. The van der Waals surface area contributed by atoms with Crippen molar-refractivity contribution in [1.29, 1.82) is 0 Å². The molecule has 2 saturated heterocycles. The van der Waals surface area contributed by atoms with Crippen molar-refractivity contribution >= 4 is 37.1 Å². The maximum Gasteiger partial charge on any atom is 0.254 e. The van der Waals surface area contributed by atoms with E-state index in [1.807, 2.05) is 17.5 Å². The van der Waals surface area contributed by atoms with E-state index in [4.69, 9.17) is 4.74 Å². The van der Waals surface area contributed by atoms with Crippen LogP contribution in [0.15, 0.2) is 41.8 Å². The van der Waals surface area contributed by atoms with Gasteiger partial charge in [-0.05, 0) is 36.1 Å². The van der Waals surface area contributed by atoms with Gasteiger partial charge in [-0.3, -0.25) is 4.79 Å². The fourth-order valence-corrected chi connectivity index (χ4v) is 8.93. The molecule has 0 radical (unpaired) electrons. The molecule has 2 aliphatic rings. The van der Waals surface area contributed by atoms with Crippen LogP contribution in [0.25, 0.3) is 0 Å². The number of piperazine rings is 1. The zero-order valence-corrected chi connectivity index (χ0v) is 19.3. The molecule has 4 rings (SSSR count). The van der Waals surface area contributed by atoms with E-state index >= 15 is 0 Å². The average molecular weight is 485 g/mol. The van der Waals surface area contributed by atoms with Crippen molar-refractivity contribution in [2.45, 2.75) is 18.3 Å². The number of rotatable bonds is 6. The molecule has 1 amide bonds. The Balaban J connectivity index is 1.35. The van der Waals surface area contributed by atoms with Crippen molar-refractivity contribution in [2.24, 2.45) is 0 Å². The summed E-state index contributed by atoms with van der Waals surface area (Å²) in [4.78, 5) is 15.6. The van der Waals surface area contributed by atoms with Crippen LogP contribution in [0.3, 0.4) is 0 Å². The lowest BCUT2D eigenvalue weighted by Gasteiger charge is -2.35. The first kappa shape index (κ1) is 22.3. The molecule has 1 aromatic heterocycles. The van der Waals surface area contributed by atoms with Crippen LogP contribution in [0.4, 0.5) is 0 Å². The number of ether oxygens (including phenoxy) is 1. The van der Waals surface area contributed by atoms with Gasteiger partial charge < -0.3 is 9.64 Å². The summed E-state index contributed by atoms with van der Waals surface area (Å²) < 4.78 is 56.0. The van der Waals surface area contributed by atoms with E-state index in [1.54, 1.807) is 40.5 Å². The van der Waals surface area contributed by atoms with Crippen LogP contribution in [-0.4, -0.2) is 74.9 Å². The minimum atomic E-state index is -3.68. The first-order valence-corrected chi connectivity index (χ1v) is 14.2. The van der Waals surface area contributed by atoms with Gasteiger partial charge in [-0.2, -0.15) is 4.31 Å². The Morgan fingerprint density at radius 2 is 1.90 bits per heavy atom. The summed E-state index contributed by atoms with van der Waals surface area (Å²) in [5.41, 5.74) is 0.488. The molecule has 0 saturated carbocycles. The predicted molar refractivity (Wildman–Crippen MR) is 119 cm³/mol. The highest BCUT2D eigenvalue weighted by molar-refractivity contribution is 7.95. The lowest BCUT2D eigenvalue weighted by Crippen LogP contribution is -2.52. The Bertz CT molecular complexity index is 1140. The topological polar surface area (TPSA) is 101 Å². The number of amides is 1. The molecule has 2 aromatic rings. The van der Waals surface area contributed by atoms with Gasteiger partial charge in [0, 0.05) is 36.6 Å². The van der Waals surface area contributed by atoms with Gasteiger partial charge in [-0.15, -0.1) is 11.3 Å². The molecule has 168 valence electrons. The molecule has 8 nitrogen and oxygen atoms in total. The van der Waals surface area contributed by atoms with Crippen molar-refractivity contribution in [3.63, 3.8) is 0 Å². The molecule has 3 heterocycles. The lowest BCUT2D eigenvalue weighted by molar-refractivity contribution is 0.0697. The fourth-order valence-electron chi connectivity index (χ4n) is 3.80. The van der Waals surface area contributed by atoms with Gasteiger partial charge in [0.05, 0.1) is 16.8 Å². The number of hydrogen-bond donors (Lipinski definition) is 0. The zero-order chi connectivity index (χ0) is 22.1. The van der Waals surface area contributed by atoms with Crippen LogP contribution in [0, 0.1) is 0 Å². The summed E-state index contributed by atoms with van der Waals surface area (Å²) in [5.74, 6) is 0.0254. The van der Waals surface area contributed by atoms with Crippen LogP contribution in [0.2, 0.25) is 0 Å². The SMILES string of the molecule is O=C(c1cccc(OCc2cccs2)c1)N1CCN(S(=O)(=O)C2CCS(=O)(=O)C2)CC1. The molecule has 0 N–H and O–H groups in total. The standard InChI is InChI=1S/C20H24N2O6S3/c23-20(16-3-1-4-17(13-16)28-14-18-5-2-11-29-18)21-7-9-22(10-8-21)31(26,27)19-6-12-30(24,25)15-19/h1-5,11,13,19H,6-10,12,14-15H2. The third kappa shape index (κ3) is 5.11. The number of carbonyl (C=O) groups excluding carboxylic acids is 1. The monoisotopic (exact) mass is 484 g/mol. The lowest BCUT2D eigenvalue weighted by atomic mass is 10.1. The van der Waals surface area contributed by atoms with Gasteiger partial charge in [0.15, 0.2) is 9.84 Å². The Morgan fingerprint density at radius 1 is 1.13 bits per heavy atom. The summed E-state index contributed by atoms with van der Waals surface area (Å²) in [7, 11) is -6.97. The minimum absolute atomic E-state index is 0.0831. The Kier molecular flexibility index (Phi) is 6.38. The highest BCUT2D eigenvalue weighted by Gasteiger charge is 2.41. The van der Waals surface area contributed by atoms with Crippen molar-refractivity contribution < 1.29 is 26.4 Å². The van der Waals surface area contributed by atoms with Gasteiger partial charge in [0.2, 0.25) is 10.0 Å². The molecule has 1 unspecified atom stereocenters. The van der Waals surface area contributed by atoms with E-state index in [0.29, 0.717) is 17.9 Å². The van der Waals surface area contributed by atoms with E-state index in [-0.39, 0.29) is 50.0 Å². The van der Waals surface area contributed by atoms with Gasteiger partial charge in [0.25, 0.3) is 5.91 Å². The highest BCUT2D eigenvalue weighted by atomic mass is 32.2. The second kappa shape index (κ2) is 8.89. The van der Waals surface area contributed by atoms with Gasteiger partial charge in [0.1, 0.15) is 12.4 Å². The predicted octanol–water partition coefficient (Wildman–Crippen LogP) is 1.60. The van der Waals surface area contributed by atoms with Crippen molar-refractivity contribution in [3.8, 4) is 5.75 Å². The highest BCUT2D eigenvalue weighted by Crippen LogP contribution is 2.24. The molecule has 0 spiro atoms. The minimum Gasteiger partial charge on any atom is -0.488 e. The molecule has 0 aliphatic carbocycles. The summed E-state index contributed by atoms with van der Waals surface area (Å²) in [6, 6.07) is 10.9. The van der Waals surface area contributed by atoms with Gasteiger partial charge in [-0.25, -0.2) is 16.8 Å². The number of sulfone groups is 1. The third-order valence-corrected chi connectivity index (χ3v) is 10.7. The summed E-state index contributed by atoms with van der Waals surface area (Å²) in [6.45, 7) is 1.29. The van der Waals surface area contributed by atoms with Gasteiger partial charge >= 0.3 is 0 Å². The van der Waals surface area contributed by atoms with Crippen LogP contribution in [-0.2, 0) is 26.5 Å². The molecule has 11 heteroatoms. The summed E-state index contributed by atoms with van der Waals surface area (Å²) >= 11 is 1.60. The Morgan fingerprint density at radius 3 is 2.55 bits per heavy atom. The second-order valence-corrected chi connectivity index (χ2v) is 13.1. The zero-order valence-electron chi connectivity index (χ0n) is 16.8. The third-order valence-electron chi connectivity index (χ3n) is 5.54. The van der Waals surface area contributed by atoms with Crippen molar-refractivity contribution in [2.75, 3.05) is 37.7 Å². The molecule has 1 atom stereocenters. The first-order valence-electron chi connectivity index (χ1n) is 9.98. The number of nitrogens with zero attached hydrogens (tertiary/aromatic N) is 2. The molecule has 2 fully saturated rings. The molecular weight excluding hydrogens is 460 g/mol. The van der Waals surface area contributed by atoms with Crippen LogP contribution < -0.4 is 4.74 Å². The van der Waals surface area contributed by atoms with Gasteiger partial charge in [-0.1, -0.05) is 12.1 Å². The van der Waals surface area contributed by atoms with Crippen LogP contribution in [0.1, 0.15) is 21.7 Å². The van der Waals surface area contributed by atoms with E-state index in [0.717, 1.165) is 4.88 Å². The molecule has 1 aromatic carbocycles. The average Bonchev–Trinajstić information content (AvgIpc) is 3.41. The molecule has 31 heavy (non-hydrogen) atoms. The quantitative estimate of drug-likeness (QED) is 0.617. The maximum atomic E-state index is 12.9. The fraction of sp³-hybridized carbons (Fsp3) is 0.450. The number of carbonyl (C=O) groups is 1. The summed E-state index contributed by atoms with van der Waals surface area (Å²) in [5, 5.41) is 1.10. The number of hydrogen-bond acceptors (Lipinski definition) is 7. The number of thiophene rings is 1. The van der Waals surface area contributed by atoms with E-state index in [2.05, 4.69) is 0 Å². The molecule has 0 bridgehead atoms. The molecular formula is C20H24N2O6S3. The second-order valence-electron chi connectivity index (χ2n) is 7.66. The number of sulfonamides is 1. The largest absolute Gasteiger partial charge is 0.488 e. The maximum absolute atomic E-state index is 12.9. The van der Waals surface area contributed by atoms with Crippen molar-refractivity contribution in [1.82, 2.24) is 9.21 Å². The van der Waals surface area contributed by atoms with Crippen molar-refractivity contribution in [3.05, 3.63) is 52.2 Å². The molecule has 2 aliphatic heterocycles. The van der Waals surface area contributed by atoms with E-state index in [9.17, 15) is 21.6 Å². The van der Waals surface area contributed by atoms with Crippen LogP contribution in [0.5, 0.6) is 5.75 Å². The van der Waals surface area contributed by atoms with Crippen LogP contribution >= 0.6 is 11.3 Å². The summed E-state index contributed by atoms with van der Waals surface area (Å²) in [6.07, 6.45) is 0.141. The first-order chi connectivity index (χ1) is 14.7. The normalized spacial score (nSPS) is 21.8.